The normalized spacial score (nSPS) is 15.6. The molecule has 1 amide bonds. The summed E-state index contributed by atoms with van der Waals surface area (Å²) >= 11 is 6.14. The fourth-order valence-electron chi connectivity index (χ4n) is 2.22. The Hall–Kier alpha value is -1.68. The number of carbonyl (C=O) groups is 1. The molecule has 0 unspecified atom stereocenters. The number of amides is 1. The van der Waals surface area contributed by atoms with Gasteiger partial charge in [-0.2, -0.15) is 0 Å². The van der Waals surface area contributed by atoms with E-state index < -0.39 is 5.60 Å². The van der Waals surface area contributed by atoms with Crippen molar-refractivity contribution >= 4 is 23.3 Å². The molecule has 0 saturated heterocycles. The molecule has 0 radical (unpaired) electrons. The van der Waals surface area contributed by atoms with E-state index in [-0.39, 0.29) is 11.8 Å². The lowest BCUT2D eigenvalue weighted by atomic mass is 9.98. The van der Waals surface area contributed by atoms with Crippen molar-refractivity contribution in [1.82, 2.24) is 4.90 Å². The summed E-state index contributed by atoms with van der Waals surface area (Å²) in [6, 6.07) is 5.07. The Bertz CT molecular complexity index is 555. The van der Waals surface area contributed by atoms with Crippen LogP contribution >= 0.6 is 11.6 Å². The topological polar surface area (TPSA) is 49.8 Å². The van der Waals surface area contributed by atoms with E-state index in [0.29, 0.717) is 30.1 Å². The van der Waals surface area contributed by atoms with Gasteiger partial charge in [0, 0.05) is 18.7 Å². The second kappa shape index (κ2) is 5.98. The summed E-state index contributed by atoms with van der Waals surface area (Å²) in [6.07, 6.45) is 2.23. The van der Waals surface area contributed by atoms with Crippen LogP contribution in [0.25, 0.3) is 5.57 Å². The highest BCUT2D eigenvalue weighted by molar-refractivity contribution is 6.32. The first-order valence-electron chi connectivity index (χ1n) is 6.93. The van der Waals surface area contributed by atoms with Gasteiger partial charge < -0.3 is 14.7 Å². The molecule has 0 saturated carbocycles. The first kappa shape index (κ1) is 15.7. The number of phenols is 1. The van der Waals surface area contributed by atoms with Gasteiger partial charge in [-0.3, -0.25) is 0 Å². The molecule has 0 aliphatic carbocycles. The number of rotatable bonds is 1. The molecule has 4 nitrogen and oxygen atoms in total. The number of phenolic OH excluding ortho intramolecular Hbond substituents is 1. The molecule has 0 spiro atoms. The van der Waals surface area contributed by atoms with Crippen LogP contribution in [-0.4, -0.2) is 34.8 Å². The summed E-state index contributed by atoms with van der Waals surface area (Å²) in [7, 11) is 0. The molecule has 0 aromatic heterocycles. The molecular weight excluding hydrogens is 290 g/mol. The molecule has 114 valence electrons. The van der Waals surface area contributed by atoms with E-state index in [4.69, 9.17) is 16.3 Å². The maximum atomic E-state index is 12.0. The van der Waals surface area contributed by atoms with E-state index in [9.17, 15) is 9.90 Å². The minimum absolute atomic E-state index is 0.166. The van der Waals surface area contributed by atoms with Crippen LogP contribution < -0.4 is 0 Å². The molecule has 21 heavy (non-hydrogen) atoms. The van der Waals surface area contributed by atoms with E-state index in [2.05, 4.69) is 0 Å². The maximum absolute atomic E-state index is 12.0. The van der Waals surface area contributed by atoms with Gasteiger partial charge in [-0.05, 0) is 44.9 Å². The van der Waals surface area contributed by atoms with Gasteiger partial charge in [-0.1, -0.05) is 23.7 Å². The molecule has 1 aliphatic rings. The second-order valence-electron chi connectivity index (χ2n) is 6.04. The second-order valence-corrected chi connectivity index (χ2v) is 6.45. The smallest absolute Gasteiger partial charge is 0.410 e. The van der Waals surface area contributed by atoms with Crippen molar-refractivity contribution in [3.8, 4) is 5.75 Å². The van der Waals surface area contributed by atoms with E-state index in [0.717, 1.165) is 5.57 Å². The van der Waals surface area contributed by atoms with Gasteiger partial charge in [0.05, 0.1) is 5.02 Å². The Morgan fingerprint density at radius 1 is 1.38 bits per heavy atom. The van der Waals surface area contributed by atoms with Crippen LogP contribution in [-0.2, 0) is 4.74 Å². The van der Waals surface area contributed by atoms with Crippen LogP contribution in [0.5, 0.6) is 5.75 Å². The zero-order valence-electron chi connectivity index (χ0n) is 12.5. The van der Waals surface area contributed by atoms with Crippen molar-refractivity contribution in [2.75, 3.05) is 13.1 Å². The van der Waals surface area contributed by atoms with Gasteiger partial charge in [0.15, 0.2) is 0 Å². The number of hydrogen-bond donors (Lipinski definition) is 1. The van der Waals surface area contributed by atoms with Gasteiger partial charge in [-0.15, -0.1) is 0 Å². The van der Waals surface area contributed by atoms with Crippen LogP contribution in [0.15, 0.2) is 24.3 Å². The van der Waals surface area contributed by atoms with Crippen LogP contribution in [0.4, 0.5) is 4.79 Å². The summed E-state index contributed by atoms with van der Waals surface area (Å²) in [6.45, 7) is 6.54. The standard InChI is InChI=1S/C16H20ClNO3/c1-16(2,3)21-15(20)18-9-7-11(8-10-18)14-12(17)5-4-6-13(14)19/h4-7,19H,8-10H2,1-3H3. The SMILES string of the molecule is CC(C)(C)OC(=O)N1CC=C(c2c(O)cccc2Cl)CC1. The third-order valence-corrected chi connectivity index (χ3v) is 3.49. The first-order chi connectivity index (χ1) is 9.78. The number of halogens is 1. The Labute approximate surface area is 130 Å². The lowest BCUT2D eigenvalue weighted by Gasteiger charge is -2.29. The quantitative estimate of drug-likeness (QED) is 0.850. The highest BCUT2D eigenvalue weighted by Gasteiger charge is 2.24. The number of nitrogens with zero attached hydrogens (tertiary/aromatic N) is 1. The third-order valence-electron chi connectivity index (χ3n) is 3.17. The van der Waals surface area contributed by atoms with Crippen molar-refractivity contribution in [1.29, 1.82) is 0 Å². The molecule has 0 atom stereocenters. The summed E-state index contributed by atoms with van der Waals surface area (Å²) in [5.74, 6) is 0.166. The number of hydrogen-bond acceptors (Lipinski definition) is 3. The van der Waals surface area contributed by atoms with Crippen molar-refractivity contribution in [2.24, 2.45) is 0 Å². The number of carbonyl (C=O) groups excluding carboxylic acids is 1. The van der Waals surface area contributed by atoms with Gasteiger partial charge in [0.25, 0.3) is 0 Å². The minimum Gasteiger partial charge on any atom is -0.507 e. The summed E-state index contributed by atoms with van der Waals surface area (Å²) < 4.78 is 5.35. The van der Waals surface area contributed by atoms with Gasteiger partial charge in [0.2, 0.25) is 0 Å². The van der Waals surface area contributed by atoms with E-state index in [1.54, 1.807) is 23.1 Å². The van der Waals surface area contributed by atoms with Crippen LogP contribution in [0.1, 0.15) is 32.8 Å². The largest absolute Gasteiger partial charge is 0.507 e. The Morgan fingerprint density at radius 2 is 2.10 bits per heavy atom. The lowest BCUT2D eigenvalue weighted by Crippen LogP contribution is -2.39. The average Bonchev–Trinajstić information content (AvgIpc) is 2.37. The van der Waals surface area contributed by atoms with Crippen LogP contribution in [0, 0.1) is 0 Å². The van der Waals surface area contributed by atoms with E-state index in [1.807, 2.05) is 26.8 Å². The number of aromatic hydroxyl groups is 1. The minimum atomic E-state index is -0.498. The molecule has 1 heterocycles. The highest BCUT2D eigenvalue weighted by atomic mass is 35.5. The van der Waals surface area contributed by atoms with Crippen molar-refractivity contribution in [2.45, 2.75) is 32.8 Å². The predicted molar refractivity (Wildman–Crippen MR) is 83.5 cm³/mol. The predicted octanol–water partition coefficient (Wildman–Crippen LogP) is 4.07. The maximum Gasteiger partial charge on any atom is 0.410 e. The molecule has 1 N–H and O–H groups in total. The molecule has 5 heteroatoms. The Morgan fingerprint density at radius 3 is 2.62 bits per heavy atom. The summed E-state index contributed by atoms with van der Waals surface area (Å²) in [4.78, 5) is 13.6. The zero-order chi connectivity index (χ0) is 15.6. The summed E-state index contributed by atoms with van der Waals surface area (Å²) in [5.41, 5.74) is 1.11. The zero-order valence-corrected chi connectivity index (χ0v) is 13.3. The number of ether oxygens (including phenoxy) is 1. The molecule has 2 rings (SSSR count). The molecule has 0 fully saturated rings. The van der Waals surface area contributed by atoms with Crippen LogP contribution in [0.2, 0.25) is 5.02 Å². The monoisotopic (exact) mass is 309 g/mol. The average molecular weight is 310 g/mol. The van der Waals surface area contributed by atoms with Crippen molar-refractivity contribution < 1.29 is 14.6 Å². The molecular formula is C16H20ClNO3. The fraction of sp³-hybridized carbons (Fsp3) is 0.438. The lowest BCUT2D eigenvalue weighted by molar-refractivity contribution is 0.0270. The summed E-state index contributed by atoms with van der Waals surface area (Å²) in [5, 5.41) is 10.5. The van der Waals surface area contributed by atoms with Gasteiger partial charge in [0.1, 0.15) is 11.4 Å². The third kappa shape index (κ3) is 3.91. The van der Waals surface area contributed by atoms with E-state index >= 15 is 0 Å². The Kier molecular flexibility index (Phi) is 4.47. The van der Waals surface area contributed by atoms with Crippen molar-refractivity contribution in [3.05, 3.63) is 34.9 Å². The molecule has 1 aromatic carbocycles. The van der Waals surface area contributed by atoms with Crippen molar-refractivity contribution in [3.63, 3.8) is 0 Å². The molecule has 1 aliphatic heterocycles. The number of benzene rings is 1. The molecule has 0 bridgehead atoms. The van der Waals surface area contributed by atoms with E-state index in [1.165, 1.54) is 0 Å². The first-order valence-corrected chi connectivity index (χ1v) is 7.30. The van der Waals surface area contributed by atoms with Gasteiger partial charge in [-0.25, -0.2) is 4.79 Å². The van der Waals surface area contributed by atoms with Gasteiger partial charge >= 0.3 is 6.09 Å². The molecule has 1 aromatic rings. The Balaban J connectivity index is 2.11. The highest BCUT2D eigenvalue weighted by Crippen LogP contribution is 2.35. The van der Waals surface area contributed by atoms with Crippen LogP contribution in [0.3, 0.4) is 0 Å². The fourth-order valence-corrected chi connectivity index (χ4v) is 2.51.